The molecule has 1 fully saturated rings. The number of rotatable bonds is 7. The largest absolute Gasteiger partial charge is 0.0683 e. The van der Waals surface area contributed by atoms with Crippen LogP contribution < -0.4 is 0 Å². The monoisotopic (exact) mass is 354 g/mol. The average Bonchev–Trinajstić information content (AvgIpc) is 2.58. The topological polar surface area (TPSA) is 0 Å². The summed E-state index contributed by atoms with van der Waals surface area (Å²) in [7, 11) is 0. The maximum atomic E-state index is 2.44. The number of unbranched alkanes of at least 4 members (excludes halogenated alkanes) is 1. The molecule has 0 aliphatic heterocycles. The first kappa shape index (κ1) is 27.2. The summed E-state index contributed by atoms with van der Waals surface area (Å²) in [6.45, 7) is 25.4. The SMILES string of the molecule is CC.CC1CCCC(C)C1C.CCCCC(C)C(C)C(C)CC(C)C. The first-order chi connectivity index (χ1) is 11.7. The lowest BCUT2D eigenvalue weighted by Gasteiger charge is -2.31. The van der Waals surface area contributed by atoms with Crippen molar-refractivity contribution in [3.8, 4) is 0 Å². The van der Waals surface area contributed by atoms with Gasteiger partial charge in [0.2, 0.25) is 0 Å². The van der Waals surface area contributed by atoms with E-state index in [9.17, 15) is 0 Å². The molecule has 0 aromatic heterocycles. The highest BCUT2D eigenvalue weighted by molar-refractivity contribution is 4.73. The summed E-state index contributed by atoms with van der Waals surface area (Å²) in [4.78, 5) is 0. The Balaban J connectivity index is 0. The van der Waals surface area contributed by atoms with Crippen molar-refractivity contribution in [3.63, 3.8) is 0 Å². The molecule has 5 atom stereocenters. The van der Waals surface area contributed by atoms with Crippen LogP contribution in [0.5, 0.6) is 0 Å². The molecule has 1 saturated carbocycles. The second-order valence-corrected chi connectivity index (χ2v) is 9.33. The van der Waals surface area contributed by atoms with Crippen LogP contribution in [0, 0.1) is 41.4 Å². The van der Waals surface area contributed by atoms with Gasteiger partial charge in [-0.2, -0.15) is 0 Å². The Hall–Kier alpha value is 0. The lowest BCUT2D eigenvalue weighted by atomic mass is 9.75. The van der Waals surface area contributed by atoms with Gasteiger partial charge in [0.1, 0.15) is 0 Å². The Labute approximate surface area is 163 Å². The van der Waals surface area contributed by atoms with Gasteiger partial charge in [-0.05, 0) is 47.8 Å². The van der Waals surface area contributed by atoms with E-state index in [0.717, 1.165) is 41.4 Å². The molecule has 0 bridgehead atoms. The summed E-state index contributed by atoms with van der Waals surface area (Å²) < 4.78 is 0. The Morgan fingerprint density at radius 3 is 1.64 bits per heavy atom. The van der Waals surface area contributed by atoms with Gasteiger partial charge in [-0.3, -0.25) is 0 Å². The number of hydrogen-bond donors (Lipinski definition) is 0. The third-order valence-corrected chi connectivity index (χ3v) is 6.77. The minimum atomic E-state index is 0.853. The fraction of sp³-hybridized carbons (Fsp3) is 1.00. The molecule has 0 heteroatoms. The molecule has 154 valence electrons. The van der Waals surface area contributed by atoms with E-state index in [1.807, 2.05) is 13.8 Å². The van der Waals surface area contributed by atoms with Crippen molar-refractivity contribution in [1.82, 2.24) is 0 Å². The highest BCUT2D eigenvalue weighted by Crippen LogP contribution is 2.33. The zero-order chi connectivity index (χ0) is 20.0. The van der Waals surface area contributed by atoms with Crippen molar-refractivity contribution in [1.29, 1.82) is 0 Å². The van der Waals surface area contributed by atoms with E-state index in [0.29, 0.717) is 0 Å². The van der Waals surface area contributed by atoms with Gasteiger partial charge in [0.25, 0.3) is 0 Å². The zero-order valence-corrected chi connectivity index (χ0v) is 20.0. The highest BCUT2D eigenvalue weighted by Gasteiger charge is 2.22. The van der Waals surface area contributed by atoms with Gasteiger partial charge in [-0.25, -0.2) is 0 Å². The van der Waals surface area contributed by atoms with E-state index in [1.165, 1.54) is 44.9 Å². The van der Waals surface area contributed by atoms with Crippen LogP contribution in [0.2, 0.25) is 0 Å². The molecule has 0 aromatic rings. The minimum absolute atomic E-state index is 0.853. The van der Waals surface area contributed by atoms with E-state index in [1.54, 1.807) is 0 Å². The van der Waals surface area contributed by atoms with Crippen LogP contribution in [0.3, 0.4) is 0 Å². The molecular formula is C25H54. The first-order valence-corrected chi connectivity index (χ1v) is 11.7. The van der Waals surface area contributed by atoms with Gasteiger partial charge in [0.15, 0.2) is 0 Å². The van der Waals surface area contributed by atoms with Crippen LogP contribution in [0.1, 0.15) is 121 Å². The molecule has 0 N–H and O–H groups in total. The van der Waals surface area contributed by atoms with Gasteiger partial charge >= 0.3 is 0 Å². The lowest BCUT2D eigenvalue weighted by Crippen LogP contribution is -2.21. The predicted molar refractivity (Wildman–Crippen MR) is 119 cm³/mol. The minimum Gasteiger partial charge on any atom is -0.0683 e. The van der Waals surface area contributed by atoms with Gasteiger partial charge < -0.3 is 0 Å². The summed E-state index contributed by atoms with van der Waals surface area (Å²) in [5, 5.41) is 0. The lowest BCUT2D eigenvalue weighted by molar-refractivity contribution is 0.197. The molecule has 0 amide bonds. The summed E-state index contributed by atoms with van der Waals surface area (Å²) in [5.74, 6) is 6.47. The normalized spacial score (nSPS) is 26.6. The molecule has 25 heavy (non-hydrogen) atoms. The van der Waals surface area contributed by atoms with E-state index >= 15 is 0 Å². The predicted octanol–water partition coefficient (Wildman–Crippen LogP) is 9.24. The Bertz CT molecular complexity index is 257. The summed E-state index contributed by atoms with van der Waals surface area (Å²) in [6.07, 6.45) is 9.94. The second-order valence-electron chi connectivity index (χ2n) is 9.33. The molecule has 0 aromatic carbocycles. The maximum absolute atomic E-state index is 2.44. The van der Waals surface area contributed by atoms with Crippen molar-refractivity contribution in [2.24, 2.45) is 41.4 Å². The van der Waals surface area contributed by atoms with E-state index < -0.39 is 0 Å². The molecular weight excluding hydrogens is 300 g/mol. The van der Waals surface area contributed by atoms with E-state index in [-0.39, 0.29) is 0 Å². The zero-order valence-electron chi connectivity index (χ0n) is 20.0. The average molecular weight is 355 g/mol. The molecule has 1 aliphatic rings. The Morgan fingerprint density at radius 1 is 0.800 bits per heavy atom. The molecule has 0 spiro atoms. The third-order valence-electron chi connectivity index (χ3n) is 6.77. The molecule has 0 radical (unpaired) electrons. The van der Waals surface area contributed by atoms with E-state index in [2.05, 4.69) is 62.3 Å². The van der Waals surface area contributed by atoms with Gasteiger partial charge in [-0.15, -0.1) is 0 Å². The van der Waals surface area contributed by atoms with Crippen LogP contribution in [0.4, 0.5) is 0 Å². The van der Waals surface area contributed by atoms with Crippen LogP contribution >= 0.6 is 0 Å². The third kappa shape index (κ3) is 12.9. The fourth-order valence-electron chi connectivity index (χ4n) is 4.16. The van der Waals surface area contributed by atoms with Crippen LogP contribution in [0.15, 0.2) is 0 Å². The molecule has 5 unspecified atom stereocenters. The molecule has 0 saturated heterocycles. The van der Waals surface area contributed by atoms with Gasteiger partial charge in [0, 0.05) is 0 Å². The summed E-state index contributed by atoms with van der Waals surface area (Å²) in [6, 6.07) is 0. The molecule has 0 heterocycles. The van der Waals surface area contributed by atoms with Crippen molar-refractivity contribution in [3.05, 3.63) is 0 Å². The molecule has 1 rings (SSSR count). The van der Waals surface area contributed by atoms with Crippen LogP contribution in [0.25, 0.3) is 0 Å². The Morgan fingerprint density at radius 2 is 1.28 bits per heavy atom. The van der Waals surface area contributed by atoms with Crippen LogP contribution in [-0.2, 0) is 0 Å². The standard InChI is InChI=1S/C14H30.C9H18.C2H6/c1-7-8-9-12(4)14(6)13(5)10-11(2)3;1-7-5-4-6-8(2)9(7)3;1-2/h11-14H,7-10H2,1-6H3;7-9H,4-6H2,1-3H3;1-2H3. The van der Waals surface area contributed by atoms with Crippen LogP contribution in [-0.4, -0.2) is 0 Å². The molecule has 1 aliphatic carbocycles. The van der Waals surface area contributed by atoms with E-state index in [4.69, 9.17) is 0 Å². The fourth-order valence-corrected chi connectivity index (χ4v) is 4.16. The second kappa shape index (κ2) is 16.2. The summed E-state index contributed by atoms with van der Waals surface area (Å²) in [5.41, 5.74) is 0. The first-order valence-electron chi connectivity index (χ1n) is 11.7. The van der Waals surface area contributed by atoms with Crippen molar-refractivity contribution in [2.45, 2.75) is 121 Å². The van der Waals surface area contributed by atoms with Crippen molar-refractivity contribution < 1.29 is 0 Å². The summed E-state index contributed by atoms with van der Waals surface area (Å²) >= 11 is 0. The highest BCUT2D eigenvalue weighted by atomic mass is 14.3. The van der Waals surface area contributed by atoms with Crippen molar-refractivity contribution in [2.75, 3.05) is 0 Å². The number of hydrogen-bond acceptors (Lipinski definition) is 0. The Kier molecular flexibility index (Phi) is 17.6. The van der Waals surface area contributed by atoms with Crippen molar-refractivity contribution >= 4 is 0 Å². The quantitative estimate of drug-likeness (QED) is 0.427. The van der Waals surface area contributed by atoms with Gasteiger partial charge in [-0.1, -0.05) is 115 Å². The maximum Gasteiger partial charge on any atom is -0.0391 e. The smallest absolute Gasteiger partial charge is 0.0391 e. The molecule has 0 nitrogen and oxygen atoms in total. The van der Waals surface area contributed by atoms with Gasteiger partial charge in [0.05, 0.1) is 0 Å².